The van der Waals surface area contributed by atoms with Crippen molar-refractivity contribution in [2.45, 2.75) is 51.1 Å². The number of nitrogens with zero attached hydrogens (tertiary/aromatic N) is 5. The molecule has 1 aliphatic heterocycles. The third-order valence-electron chi connectivity index (χ3n) is 6.33. The van der Waals surface area contributed by atoms with E-state index in [0.29, 0.717) is 16.9 Å². The number of piperidine rings is 1. The standard InChI is InChI=1S/C24H26FN5O2/c1-2-16-12-27-24(28-13-16)29-9-7-19(8-10-29)30(18-4-5-18)23(31)17-3-6-20(21(25)11-17)22-14-26-15-32-22/h3,6,11-15,18-19H,2,4-5,7-10H2,1H3. The van der Waals surface area contributed by atoms with Crippen LogP contribution in [0.15, 0.2) is 47.6 Å². The van der Waals surface area contributed by atoms with Crippen molar-refractivity contribution in [1.82, 2.24) is 19.9 Å². The second-order valence-electron chi connectivity index (χ2n) is 8.47. The van der Waals surface area contributed by atoms with Gasteiger partial charge in [0, 0.05) is 43.1 Å². The molecule has 1 aromatic carbocycles. The topological polar surface area (TPSA) is 75.4 Å². The Morgan fingerprint density at radius 2 is 1.84 bits per heavy atom. The molecule has 1 saturated carbocycles. The maximum atomic E-state index is 14.7. The maximum absolute atomic E-state index is 14.7. The van der Waals surface area contributed by atoms with E-state index in [4.69, 9.17) is 4.42 Å². The normalized spacial score (nSPS) is 16.9. The Balaban J connectivity index is 1.29. The number of carbonyl (C=O) groups is 1. The molecule has 0 unspecified atom stereocenters. The van der Waals surface area contributed by atoms with Crippen LogP contribution < -0.4 is 4.90 Å². The lowest BCUT2D eigenvalue weighted by Gasteiger charge is -2.39. The van der Waals surface area contributed by atoms with E-state index in [9.17, 15) is 9.18 Å². The molecule has 2 aliphatic rings. The van der Waals surface area contributed by atoms with E-state index in [1.54, 1.807) is 12.1 Å². The van der Waals surface area contributed by atoms with Gasteiger partial charge >= 0.3 is 0 Å². The van der Waals surface area contributed by atoms with E-state index >= 15 is 0 Å². The van der Waals surface area contributed by atoms with Gasteiger partial charge in [0.15, 0.2) is 12.2 Å². The third kappa shape index (κ3) is 4.09. The number of hydrogen-bond donors (Lipinski definition) is 0. The molecule has 0 atom stereocenters. The number of oxazole rings is 1. The summed E-state index contributed by atoms with van der Waals surface area (Å²) in [5.41, 5.74) is 1.80. The largest absolute Gasteiger partial charge is 0.443 e. The lowest BCUT2D eigenvalue weighted by molar-refractivity contribution is 0.0630. The van der Waals surface area contributed by atoms with Crippen molar-refractivity contribution in [2.24, 2.45) is 0 Å². The van der Waals surface area contributed by atoms with Crippen LogP contribution in [0.5, 0.6) is 0 Å². The summed E-state index contributed by atoms with van der Waals surface area (Å²) in [4.78, 5) is 30.4. The molecule has 1 aliphatic carbocycles. The van der Waals surface area contributed by atoms with Gasteiger partial charge in [-0.3, -0.25) is 4.79 Å². The van der Waals surface area contributed by atoms with Gasteiger partial charge in [-0.05, 0) is 55.9 Å². The van der Waals surface area contributed by atoms with Gasteiger partial charge in [0.05, 0.1) is 11.8 Å². The molecule has 8 heteroatoms. The highest BCUT2D eigenvalue weighted by Crippen LogP contribution is 2.34. The Bertz CT molecular complexity index is 1070. The van der Waals surface area contributed by atoms with E-state index in [1.807, 2.05) is 17.3 Å². The van der Waals surface area contributed by atoms with E-state index in [0.717, 1.165) is 56.7 Å². The molecule has 3 heterocycles. The predicted molar refractivity (Wildman–Crippen MR) is 118 cm³/mol. The summed E-state index contributed by atoms with van der Waals surface area (Å²) in [6.07, 6.45) is 11.1. The van der Waals surface area contributed by atoms with Crippen molar-refractivity contribution in [1.29, 1.82) is 0 Å². The van der Waals surface area contributed by atoms with E-state index in [-0.39, 0.29) is 18.0 Å². The Morgan fingerprint density at radius 1 is 1.12 bits per heavy atom. The Hall–Kier alpha value is -3.29. The van der Waals surface area contributed by atoms with Crippen LogP contribution in [0.25, 0.3) is 11.3 Å². The summed E-state index contributed by atoms with van der Waals surface area (Å²) in [5, 5.41) is 0. The number of anilines is 1. The number of amides is 1. The van der Waals surface area contributed by atoms with Crippen molar-refractivity contribution in [3.8, 4) is 11.3 Å². The van der Waals surface area contributed by atoms with E-state index < -0.39 is 5.82 Å². The third-order valence-corrected chi connectivity index (χ3v) is 6.33. The zero-order valence-corrected chi connectivity index (χ0v) is 18.1. The van der Waals surface area contributed by atoms with Gasteiger partial charge in [0.25, 0.3) is 5.91 Å². The first-order valence-corrected chi connectivity index (χ1v) is 11.2. The summed E-state index contributed by atoms with van der Waals surface area (Å²) in [7, 11) is 0. The zero-order chi connectivity index (χ0) is 22.1. The molecular weight excluding hydrogens is 409 g/mol. The number of rotatable bonds is 6. The summed E-state index contributed by atoms with van der Waals surface area (Å²) in [6.45, 7) is 3.68. The van der Waals surface area contributed by atoms with Gasteiger partial charge in [-0.15, -0.1) is 0 Å². The summed E-state index contributed by atoms with van der Waals surface area (Å²) < 4.78 is 19.9. The first kappa shape index (κ1) is 20.6. The quantitative estimate of drug-likeness (QED) is 0.580. The first-order valence-electron chi connectivity index (χ1n) is 11.2. The second kappa shape index (κ2) is 8.68. The van der Waals surface area contributed by atoms with Crippen LogP contribution >= 0.6 is 0 Å². The second-order valence-corrected chi connectivity index (χ2v) is 8.47. The lowest BCUT2D eigenvalue weighted by Crippen LogP contribution is -2.48. The van der Waals surface area contributed by atoms with Gasteiger partial charge in [-0.1, -0.05) is 6.92 Å². The monoisotopic (exact) mass is 435 g/mol. The minimum absolute atomic E-state index is 0.0995. The van der Waals surface area contributed by atoms with Crippen LogP contribution in [0, 0.1) is 5.82 Å². The number of aryl methyl sites for hydroxylation is 1. The molecule has 1 saturated heterocycles. The average Bonchev–Trinajstić information content (AvgIpc) is 3.51. The first-order chi connectivity index (χ1) is 15.6. The van der Waals surface area contributed by atoms with Crippen molar-refractivity contribution < 1.29 is 13.6 Å². The molecule has 3 aromatic rings. The summed E-state index contributed by atoms with van der Waals surface area (Å²) >= 11 is 0. The number of halogens is 1. The fourth-order valence-electron chi connectivity index (χ4n) is 4.37. The highest BCUT2D eigenvalue weighted by atomic mass is 19.1. The minimum Gasteiger partial charge on any atom is -0.443 e. The molecule has 2 fully saturated rings. The zero-order valence-electron chi connectivity index (χ0n) is 18.1. The Kier molecular flexibility index (Phi) is 5.59. The van der Waals surface area contributed by atoms with Crippen molar-refractivity contribution >= 4 is 11.9 Å². The molecule has 0 N–H and O–H groups in total. The van der Waals surface area contributed by atoms with Crippen LogP contribution in [0.3, 0.4) is 0 Å². The van der Waals surface area contributed by atoms with Crippen molar-refractivity contribution in [2.75, 3.05) is 18.0 Å². The molecule has 5 rings (SSSR count). The summed E-state index contributed by atoms with van der Waals surface area (Å²) in [6, 6.07) is 4.97. The van der Waals surface area contributed by atoms with Crippen LogP contribution in [0.2, 0.25) is 0 Å². The molecule has 2 aromatic heterocycles. The fraction of sp³-hybridized carbons (Fsp3) is 0.417. The molecular formula is C24H26FN5O2. The number of aromatic nitrogens is 3. The molecule has 0 radical (unpaired) electrons. The van der Waals surface area contributed by atoms with Crippen LogP contribution in [0.1, 0.15) is 48.5 Å². The molecule has 7 nitrogen and oxygen atoms in total. The molecule has 166 valence electrons. The average molecular weight is 436 g/mol. The van der Waals surface area contributed by atoms with Gasteiger partial charge in [-0.25, -0.2) is 19.3 Å². The van der Waals surface area contributed by atoms with Crippen molar-refractivity contribution in [3.63, 3.8) is 0 Å². The predicted octanol–water partition coefficient (Wildman–Crippen LogP) is 4.11. The molecule has 1 amide bonds. The van der Waals surface area contributed by atoms with Crippen molar-refractivity contribution in [3.05, 3.63) is 60.1 Å². The molecule has 0 spiro atoms. The highest BCUT2D eigenvalue weighted by Gasteiger charge is 2.39. The fourth-order valence-corrected chi connectivity index (χ4v) is 4.37. The van der Waals surface area contributed by atoms with Crippen LogP contribution in [0.4, 0.5) is 10.3 Å². The number of carbonyl (C=O) groups excluding carboxylic acids is 1. The van der Waals surface area contributed by atoms with E-state index in [1.165, 1.54) is 18.7 Å². The summed E-state index contributed by atoms with van der Waals surface area (Å²) in [5.74, 6) is 0.514. The Morgan fingerprint density at radius 3 is 2.44 bits per heavy atom. The molecule has 0 bridgehead atoms. The minimum atomic E-state index is -0.481. The Labute approximate surface area is 186 Å². The van der Waals surface area contributed by atoms with Gasteiger partial charge in [0.1, 0.15) is 5.82 Å². The van der Waals surface area contributed by atoms with Gasteiger partial charge in [-0.2, -0.15) is 0 Å². The van der Waals surface area contributed by atoms with Gasteiger partial charge < -0.3 is 14.2 Å². The van der Waals surface area contributed by atoms with Gasteiger partial charge in [0.2, 0.25) is 5.95 Å². The lowest BCUT2D eigenvalue weighted by atomic mass is 10.0. The highest BCUT2D eigenvalue weighted by molar-refractivity contribution is 5.95. The van der Waals surface area contributed by atoms with Crippen LogP contribution in [-0.2, 0) is 6.42 Å². The maximum Gasteiger partial charge on any atom is 0.254 e. The molecule has 32 heavy (non-hydrogen) atoms. The number of benzene rings is 1. The number of hydrogen-bond acceptors (Lipinski definition) is 6. The smallest absolute Gasteiger partial charge is 0.254 e. The van der Waals surface area contributed by atoms with Crippen LogP contribution in [-0.4, -0.2) is 50.9 Å². The van der Waals surface area contributed by atoms with E-state index in [2.05, 4.69) is 26.8 Å². The SMILES string of the molecule is CCc1cnc(N2CCC(N(C(=O)c3ccc(-c4cnco4)c(F)c3)C3CC3)CC2)nc1.